The molecule has 0 amide bonds. The summed E-state index contributed by atoms with van der Waals surface area (Å²) in [6, 6.07) is 0. The molecule has 1 N–H and O–H groups in total. The van der Waals surface area contributed by atoms with Crippen molar-refractivity contribution in [3.63, 3.8) is 0 Å². The largest absolute Gasteiger partial charge is 0.262 e. The fourth-order valence-corrected chi connectivity index (χ4v) is 0.512. The molecule has 1 aromatic rings. The Morgan fingerprint density at radius 1 is 1.78 bits per heavy atom. The highest BCUT2D eigenvalue weighted by atomic mass is 35.5. The minimum atomic E-state index is -0.0718. The summed E-state index contributed by atoms with van der Waals surface area (Å²) in [4.78, 5) is 3.82. The smallest absolute Gasteiger partial charge is 0.141 e. The first-order valence-corrected chi connectivity index (χ1v) is 2.73. The Hall–Kier alpha value is -0.280. The molecule has 1 aromatic heterocycles. The van der Waals surface area contributed by atoms with Crippen molar-refractivity contribution in [1.29, 1.82) is 0 Å². The maximum Gasteiger partial charge on any atom is 0.141 e. The van der Waals surface area contributed by atoms with Crippen molar-refractivity contribution >= 4 is 24.0 Å². The van der Waals surface area contributed by atoms with Crippen molar-refractivity contribution in [2.24, 2.45) is 0 Å². The molecular weight excluding hydrogens is 161 g/mol. The van der Waals surface area contributed by atoms with Crippen molar-refractivity contribution in [3.8, 4) is 0 Å². The molecule has 3 nitrogen and oxygen atoms in total. The van der Waals surface area contributed by atoms with E-state index in [1.807, 2.05) is 6.92 Å². The van der Waals surface area contributed by atoms with Crippen molar-refractivity contribution in [3.05, 3.63) is 12.2 Å². The molecule has 0 aliphatic carbocycles. The Morgan fingerprint density at radius 2 is 2.44 bits per heavy atom. The molecule has 0 aliphatic rings. The lowest BCUT2D eigenvalue weighted by Crippen LogP contribution is -1.85. The lowest BCUT2D eigenvalue weighted by atomic mass is 10.5. The normalized spacial score (nSPS) is 12.2. The van der Waals surface area contributed by atoms with Gasteiger partial charge in [-0.3, -0.25) is 5.10 Å². The first-order valence-electron chi connectivity index (χ1n) is 2.30. The second-order valence-corrected chi connectivity index (χ2v) is 2.14. The van der Waals surface area contributed by atoms with Crippen LogP contribution in [0.3, 0.4) is 0 Å². The predicted octanol–water partition coefficient (Wildman–Crippen LogP) is 1.53. The second-order valence-electron chi connectivity index (χ2n) is 1.49. The third-order valence-electron chi connectivity index (χ3n) is 0.810. The number of alkyl halides is 1. The zero-order chi connectivity index (χ0) is 5.98. The summed E-state index contributed by atoms with van der Waals surface area (Å²) >= 11 is 5.61. The first kappa shape index (κ1) is 8.72. The fraction of sp³-hybridized carbons (Fsp3) is 0.500. The van der Waals surface area contributed by atoms with Crippen LogP contribution in [0, 0.1) is 0 Å². The number of aromatic amines is 1. The van der Waals surface area contributed by atoms with E-state index in [2.05, 4.69) is 15.2 Å². The lowest BCUT2D eigenvalue weighted by molar-refractivity contribution is 0.918. The van der Waals surface area contributed by atoms with Gasteiger partial charge in [0.15, 0.2) is 0 Å². The van der Waals surface area contributed by atoms with E-state index in [1.54, 1.807) is 0 Å². The van der Waals surface area contributed by atoms with Crippen LogP contribution in [0.4, 0.5) is 0 Å². The Kier molecular flexibility index (Phi) is 3.58. The number of halogens is 2. The molecule has 52 valence electrons. The van der Waals surface area contributed by atoms with Gasteiger partial charge in [-0.2, -0.15) is 5.10 Å². The minimum absolute atomic E-state index is 0. The number of hydrogen-bond acceptors (Lipinski definition) is 2. The van der Waals surface area contributed by atoms with Crippen LogP contribution in [0.5, 0.6) is 0 Å². The highest BCUT2D eigenvalue weighted by Gasteiger charge is 2.00. The fourth-order valence-electron chi connectivity index (χ4n) is 0.407. The van der Waals surface area contributed by atoms with Crippen LogP contribution in [-0.4, -0.2) is 15.2 Å². The Balaban J connectivity index is 0.000000640. The van der Waals surface area contributed by atoms with Crippen LogP contribution in [-0.2, 0) is 0 Å². The maximum atomic E-state index is 5.61. The summed E-state index contributed by atoms with van der Waals surface area (Å²) in [5, 5.41) is 6.19. The summed E-state index contributed by atoms with van der Waals surface area (Å²) in [7, 11) is 0. The van der Waals surface area contributed by atoms with Crippen molar-refractivity contribution in [1.82, 2.24) is 15.2 Å². The SMILES string of the molecule is CC(Cl)c1ncn[nH]1.Cl. The van der Waals surface area contributed by atoms with Crippen LogP contribution in [0.1, 0.15) is 18.1 Å². The molecule has 1 atom stereocenters. The molecule has 9 heavy (non-hydrogen) atoms. The standard InChI is InChI=1S/C4H6ClN3.ClH/c1-3(5)4-6-2-7-8-4;/h2-3H,1H3,(H,6,7,8);1H. The van der Waals surface area contributed by atoms with Crippen LogP contribution in [0.2, 0.25) is 0 Å². The van der Waals surface area contributed by atoms with Gasteiger partial charge in [-0.25, -0.2) is 4.98 Å². The third kappa shape index (κ3) is 2.20. The molecule has 0 bridgehead atoms. The number of nitrogens with one attached hydrogen (secondary N) is 1. The number of H-pyrrole nitrogens is 1. The summed E-state index contributed by atoms with van der Waals surface area (Å²) in [6.07, 6.45) is 1.44. The molecule has 1 unspecified atom stereocenters. The van der Waals surface area contributed by atoms with Gasteiger partial charge in [0, 0.05) is 0 Å². The minimum Gasteiger partial charge on any atom is -0.262 e. The van der Waals surface area contributed by atoms with Gasteiger partial charge in [0.1, 0.15) is 12.2 Å². The van der Waals surface area contributed by atoms with Gasteiger partial charge >= 0.3 is 0 Å². The number of rotatable bonds is 1. The van der Waals surface area contributed by atoms with Gasteiger partial charge < -0.3 is 0 Å². The van der Waals surface area contributed by atoms with Gasteiger partial charge in [-0.1, -0.05) is 0 Å². The van der Waals surface area contributed by atoms with Crippen molar-refractivity contribution in [2.75, 3.05) is 0 Å². The molecule has 0 radical (unpaired) electrons. The maximum absolute atomic E-state index is 5.61. The molecule has 0 aliphatic heterocycles. The highest BCUT2D eigenvalue weighted by Crippen LogP contribution is 2.11. The molecule has 1 rings (SSSR count). The summed E-state index contributed by atoms with van der Waals surface area (Å²) in [5.74, 6) is 0.715. The molecule has 0 spiro atoms. The van der Waals surface area contributed by atoms with Gasteiger partial charge in [0.05, 0.1) is 5.38 Å². The molecule has 0 fully saturated rings. The monoisotopic (exact) mass is 167 g/mol. The molecule has 5 heteroatoms. The molecular formula is C4H7Cl2N3. The zero-order valence-electron chi connectivity index (χ0n) is 4.84. The van der Waals surface area contributed by atoms with Crippen LogP contribution < -0.4 is 0 Å². The number of nitrogens with zero attached hydrogens (tertiary/aromatic N) is 2. The summed E-state index contributed by atoms with van der Waals surface area (Å²) in [5.41, 5.74) is 0. The Morgan fingerprint density at radius 3 is 2.67 bits per heavy atom. The van der Waals surface area contributed by atoms with E-state index in [4.69, 9.17) is 11.6 Å². The van der Waals surface area contributed by atoms with E-state index >= 15 is 0 Å². The topological polar surface area (TPSA) is 41.6 Å². The van der Waals surface area contributed by atoms with Gasteiger partial charge in [0.2, 0.25) is 0 Å². The van der Waals surface area contributed by atoms with E-state index in [0.29, 0.717) is 5.82 Å². The average molecular weight is 168 g/mol. The molecule has 0 aromatic carbocycles. The third-order valence-corrected chi connectivity index (χ3v) is 1.02. The Bertz CT molecular complexity index is 149. The van der Waals surface area contributed by atoms with Crippen molar-refractivity contribution < 1.29 is 0 Å². The van der Waals surface area contributed by atoms with Gasteiger partial charge in [-0.05, 0) is 6.92 Å². The molecule has 1 heterocycles. The second kappa shape index (κ2) is 3.69. The van der Waals surface area contributed by atoms with E-state index < -0.39 is 0 Å². The first-order chi connectivity index (χ1) is 3.80. The average Bonchev–Trinajstić information content (AvgIpc) is 2.12. The lowest BCUT2D eigenvalue weighted by Gasteiger charge is -1.91. The number of aromatic nitrogens is 3. The highest BCUT2D eigenvalue weighted by molar-refractivity contribution is 6.20. The van der Waals surface area contributed by atoms with E-state index in [1.165, 1.54) is 6.33 Å². The quantitative estimate of drug-likeness (QED) is 0.646. The van der Waals surface area contributed by atoms with Gasteiger partial charge in [0.25, 0.3) is 0 Å². The van der Waals surface area contributed by atoms with Crippen LogP contribution >= 0.6 is 24.0 Å². The van der Waals surface area contributed by atoms with Gasteiger partial charge in [-0.15, -0.1) is 24.0 Å². The summed E-state index contributed by atoms with van der Waals surface area (Å²) in [6.45, 7) is 1.84. The van der Waals surface area contributed by atoms with Crippen LogP contribution in [0.15, 0.2) is 6.33 Å². The number of hydrogen-bond donors (Lipinski definition) is 1. The summed E-state index contributed by atoms with van der Waals surface area (Å²) < 4.78 is 0. The van der Waals surface area contributed by atoms with E-state index in [9.17, 15) is 0 Å². The van der Waals surface area contributed by atoms with E-state index in [0.717, 1.165) is 0 Å². The Labute approximate surface area is 64.2 Å². The molecule has 0 saturated heterocycles. The van der Waals surface area contributed by atoms with E-state index in [-0.39, 0.29) is 17.8 Å². The van der Waals surface area contributed by atoms with Crippen molar-refractivity contribution in [2.45, 2.75) is 12.3 Å². The predicted molar refractivity (Wildman–Crippen MR) is 37.9 cm³/mol. The zero-order valence-corrected chi connectivity index (χ0v) is 6.41. The molecule has 0 saturated carbocycles. The van der Waals surface area contributed by atoms with Crippen LogP contribution in [0.25, 0.3) is 0 Å².